The van der Waals surface area contributed by atoms with Crippen LogP contribution in [0.2, 0.25) is 0 Å². The minimum atomic E-state index is -0.338. The lowest BCUT2D eigenvalue weighted by Crippen LogP contribution is -2.37. The highest BCUT2D eigenvalue weighted by Crippen LogP contribution is 2.39. The molecule has 160 valence electrons. The molecule has 1 aliphatic heterocycles. The summed E-state index contributed by atoms with van der Waals surface area (Å²) in [5.41, 5.74) is 4.65. The average molecular weight is 436 g/mol. The number of rotatable bonds is 4. The van der Waals surface area contributed by atoms with Crippen LogP contribution < -0.4 is 0 Å². The number of nitrogens with zero attached hydrogens (tertiary/aromatic N) is 1. The van der Waals surface area contributed by atoms with E-state index in [1.807, 2.05) is 18.4 Å². The highest BCUT2D eigenvalue weighted by molar-refractivity contribution is 7.98. The molecule has 1 heterocycles. The molecule has 0 fully saturated rings. The molecule has 0 saturated carbocycles. The molecule has 0 aromatic heterocycles. The van der Waals surface area contributed by atoms with Crippen LogP contribution in [0.15, 0.2) is 53.4 Å². The number of ether oxygens (including phenoxy) is 2. The van der Waals surface area contributed by atoms with Gasteiger partial charge in [-0.3, -0.25) is 0 Å². The molecule has 0 saturated heterocycles. The Morgan fingerprint density at radius 1 is 1.06 bits per heavy atom. The van der Waals surface area contributed by atoms with E-state index in [9.17, 15) is 9.59 Å². The van der Waals surface area contributed by atoms with Gasteiger partial charge >= 0.3 is 12.1 Å². The van der Waals surface area contributed by atoms with Crippen LogP contribution >= 0.6 is 11.8 Å². The molecule has 5 nitrogen and oxygen atoms in total. The molecule has 0 unspecified atom stereocenters. The molecule has 0 aliphatic carbocycles. The summed E-state index contributed by atoms with van der Waals surface area (Å²) in [7, 11) is 1.41. The molecule has 0 bridgehead atoms. The monoisotopic (exact) mass is 435 g/mol. The summed E-state index contributed by atoms with van der Waals surface area (Å²) in [5, 5.41) is 2.32. The summed E-state index contributed by atoms with van der Waals surface area (Å²) in [6.45, 7) is 3.04. The van der Waals surface area contributed by atoms with Crippen LogP contribution in [0.5, 0.6) is 0 Å². The number of esters is 1. The number of thioether (sulfide) groups is 1. The summed E-state index contributed by atoms with van der Waals surface area (Å²) < 4.78 is 10.3. The molecule has 0 N–H and O–H groups in total. The van der Waals surface area contributed by atoms with Crippen molar-refractivity contribution in [1.82, 2.24) is 4.90 Å². The van der Waals surface area contributed by atoms with E-state index in [1.54, 1.807) is 11.8 Å². The lowest BCUT2D eigenvalue weighted by atomic mass is 9.87. The summed E-state index contributed by atoms with van der Waals surface area (Å²) >= 11 is 1.53. The second-order valence-electron chi connectivity index (χ2n) is 7.38. The van der Waals surface area contributed by atoms with Gasteiger partial charge in [0.25, 0.3) is 0 Å². The van der Waals surface area contributed by atoms with Crippen LogP contribution in [0.4, 0.5) is 4.79 Å². The van der Waals surface area contributed by atoms with Crippen molar-refractivity contribution in [3.05, 3.63) is 65.2 Å². The minimum Gasteiger partial charge on any atom is -0.465 e. The zero-order chi connectivity index (χ0) is 22.0. The molecule has 0 spiro atoms. The minimum absolute atomic E-state index is 0.328. The van der Waals surface area contributed by atoms with Crippen LogP contribution in [0.25, 0.3) is 21.9 Å². The maximum Gasteiger partial charge on any atom is 0.410 e. The summed E-state index contributed by atoms with van der Waals surface area (Å²) in [6.07, 6.45) is 2.21. The SMILES string of the molecule is CCOC(=O)N1CCc2c(c(-c3ccc4ccccc4c3)cc(SC)c2C(=O)OC)C1. The highest BCUT2D eigenvalue weighted by atomic mass is 32.2. The van der Waals surface area contributed by atoms with Gasteiger partial charge < -0.3 is 14.4 Å². The van der Waals surface area contributed by atoms with Gasteiger partial charge in [0, 0.05) is 18.0 Å². The van der Waals surface area contributed by atoms with Gasteiger partial charge in [-0.15, -0.1) is 11.8 Å². The van der Waals surface area contributed by atoms with E-state index >= 15 is 0 Å². The predicted octanol–water partition coefficient (Wildman–Crippen LogP) is 5.53. The maximum absolute atomic E-state index is 12.7. The maximum atomic E-state index is 12.7. The van der Waals surface area contributed by atoms with Gasteiger partial charge in [-0.2, -0.15) is 0 Å². The zero-order valence-corrected chi connectivity index (χ0v) is 18.8. The molecule has 3 aromatic rings. The number of benzene rings is 3. The number of carbonyl (C=O) groups is 2. The van der Waals surface area contributed by atoms with Crippen molar-refractivity contribution in [1.29, 1.82) is 0 Å². The van der Waals surface area contributed by atoms with E-state index in [0.717, 1.165) is 32.5 Å². The van der Waals surface area contributed by atoms with E-state index in [-0.39, 0.29) is 12.1 Å². The Hall–Kier alpha value is -2.99. The van der Waals surface area contributed by atoms with E-state index in [4.69, 9.17) is 9.47 Å². The first kappa shape index (κ1) is 21.2. The first-order valence-electron chi connectivity index (χ1n) is 10.3. The molecule has 4 rings (SSSR count). The smallest absolute Gasteiger partial charge is 0.410 e. The molecule has 3 aromatic carbocycles. The van der Waals surface area contributed by atoms with E-state index in [1.165, 1.54) is 24.3 Å². The number of fused-ring (bicyclic) bond motifs is 2. The second-order valence-corrected chi connectivity index (χ2v) is 8.23. The lowest BCUT2D eigenvalue weighted by Gasteiger charge is -2.31. The standard InChI is InChI=1S/C25H25NO4S/c1-4-30-25(28)26-12-11-19-21(15-26)20(14-22(31-3)23(19)24(27)29-2)18-10-9-16-7-5-6-8-17(16)13-18/h5-10,13-14H,4,11-12,15H2,1-3H3. The molecule has 1 amide bonds. The Bertz CT molecular complexity index is 1160. The first-order valence-corrected chi connectivity index (χ1v) is 11.5. The Labute approximate surface area is 186 Å². The van der Waals surface area contributed by atoms with Gasteiger partial charge in [0.05, 0.1) is 19.3 Å². The molecular formula is C25H25NO4S. The van der Waals surface area contributed by atoms with Gasteiger partial charge in [0.1, 0.15) is 0 Å². The molecule has 1 aliphatic rings. The van der Waals surface area contributed by atoms with Crippen molar-refractivity contribution >= 4 is 34.6 Å². The number of hydrogen-bond acceptors (Lipinski definition) is 5. The van der Waals surface area contributed by atoms with E-state index in [0.29, 0.717) is 31.7 Å². The predicted molar refractivity (Wildman–Crippen MR) is 124 cm³/mol. The number of methoxy groups -OCH3 is 1. The van der Waals surface area contributed by atoms with Gasteiger partial charge in [0.15, 0.2) is 0 Å². The lowest BCUT2D eigenvalue weighted by molar-refractivity contribution is 0.0594. The second kappa shape index (κ2) is 9.02. The average Bonchev–Trinajstić information content (AvgIpc) is 2.81. The van der Waals surface area contributed by atoms with Crippen molar-refractivity contribution in [3.63, 3.8) is 0 Å². The molecule has 0 radical (unpaired) electrons. The Kier molecular flexibility index (Phi) is 6.18. The van der Waals surface area contributed by atoms with Crippen molar-refractivity contribution in [2.24, 2.45) is 0 Å². The molecule has 0 atom stereocenters. The van der Waals surface area contributed by atoms with Crippen molar-refractivity contribution in [2.75, 3.05) is 26.5 Å². The molecule has 31 heavy (non-hydrogen) atoms. The van der Waals surface area contributed by atoms with Crippen molar-refractivity contribution in [2.45, 2.75) is 24.8 Å². The summed E-state index contributed by atoms with van der Waals surface area (Å²) in [5.74, 6) is -0.338. The van der Waals surface area contributed by atoms with E-state index < -0.39 is 0 Å². The summed E-state index contributed by atoms with van der Waals surface area (Å²) in [6, 6.07) is 16.7. The molecular weight excluding hydrogens is 410 g/mol. The molecule has 6 heteroatoms. The third-order valence-corrected chi connectivity index (χ3v) is 6.45. The highest BCUT2D eigenvalue weighted by Gasteiger charge is 2.30. The Morgan fingerprint density at radius 3 is 2.55 bits per heavy atom. The number of amides is 1. The van der Waals surface area contributed by atoms with E-state index in [2.05, 4.69) is 36.4 Å². The van der Waals surface area contributed by atoms with Gasteiger partial charge in [-0.25, -0.2) is 9.59 Å². The summed E-state index contributed by atoms with van der Waals surface area (Å²) in [4.78, 5) is 27.7. The Balaban J connectivity index is 1.91. The fourth-order valence-corrected chi connectivity index (χ4v) is 4.84. The largest absolute Gasteiger partial charge is 0.465 e. The number of carbonyl (C=O) groups excluding carboxylic acids is 2. The van der Waals surface area contributed by atoms with Gasteiger partial charge in [-0.1, -0.05) is 36.4 Å². The number of hydrogen-bond donors (Lipinski definition) is 0. The normalized spacial score (nSPS) is 13.1. The Morgan fingerprint density at radius 2 is 1.84 bits per heavy atom. The first-order chi connectivity index (χ1) is 15.1. The fraction of sp³-hybridized carbons (Fsp3) is 0.280. The van der Waals surface area contributed by atoms with Crippen LogP contribution in [0, 0.1) is 0 Å². The van der Waals surface area contributed by atoms with Crippen LogP contribution in [0.3, 0.4) is 0 Å². The third kappa shape index (κ3) is 4.00. The van der Waals surface area contributed by atoms with Crippen molar-refractivity contribution < 1.29 is 19.1 Å². The van der Waals surface area contributed by atoms with Crippen molar-refractivity contribution in [3.8, 4) is 11.1 Å². The quantitative estimate of drug-likeness (QED) is 0.398. The zero-order valence-electron chi connectivity index (χ0n) is 17.9. The van der Waals surface area contributed by atoms with Crippen LogP contribution in [-0.2, 0) is 22.4 Å². The van der Waals surface area contributed by atoms with Gasteiger partial charge in [-0.05, 0) is 64.8 Å². The fourth-order valence-electron chi connectivity index (χ4n) is 4.20. The van der Waals surface area contributed by atoms with Crippen LogP contribution in [0.1, 0.15) is 28.4 Å². The topological polar surface area (TPSA) is 55.8 Å². The third-order valence-electron chi connectivity index (χ3n) is 5.69. The van der Waals surface area contributed by atoms with Gasteiger partial charge in [0.2, 0.25) is 0 Å². The van der Waals surface area contributed by atoms with Crippen LogP contribution in [-0.4, -0.2) is 43.5 Å².